The summed E-state index contributed by atoms with van der Waals surface area (Å²) in [5.41, 5.74) is 15.9. The largest absolute Gasteiger partial charge is 0.317 e. The third-order valence-electron chi connectivity index (χ3n) is 12.1. The number of hydrogen-bond donors (Lipinski definition) is 0. The van der Waals surface area contributed by atoms with Gasteiger partial charge in [-0.05, 0) is 127 Å². The van der Waals surface area contributed by atoms with E-state index in [4.69, 9.17) is 0 Å². The molecule has 0 radical (unpaired) electrons. The Hall–Kier alpha value is -7.42. The number of rotatable bonds is 10. The lowest BCUT2D eigenvalue weighted by atomic mass is 9.93. The second-order valence-electron chi connectivity index (χ2n) is 15.7. The molecule has 0 aromatic heterocycles. The first-order valence-electron chi connectivity index (χ1n) is 21.0. The van der Waals surface area contributed by atoms with Crippen molar-refractivity contribution >= 4 is 60.6 Å². The minimum Gasteiger partial charge on any atom is -0.317 e. The van der Waals surface area contributed by atoms with Gasteiger partial charge in [0.05, 0.1) is 17.1 Å². The molecule has 0 atom stereocenters. The van der Waals surface area contributed by atoms with Gasteiger partial charge in [0.25, 0.3) is 0 Å². The Balaban J connectivity index is 1.21. The molecule has 0 unspecified atom stereocenters. The van der Waals surface area contributed by atoms with Gasteiger partial charge in [-0.1, -0.05) is 166 Å². The van der Waals surface area contributed by atoms with Gasteiger partial charge in [-0.15, -0.1) is 0 Å². The predicted octanol–water partition coefficient (Wildman–Crippen LogP) is 15.7. The lowest BCUT2D eigenvalue weighted by Gasteiger charge is -2.31. The highest BCUT2D eigenvalue weighted by Gasteiger charge is 2.27. The smallest absolute Gasteiger partial charge is 0.0546 e. The highest BCUT2D eigenvalue weighted by atomic mass is 15.2. The van der Waals surface area contributed by atoms with Gasteiger partial charge in [0.1, 0.15) is 0 Å². The molecule has 2 nitrogen and oxygen atoms in total. The van der Waals surface area contributed by atoms with Crippen LogP contribution < -0.4 is 9.80 Å². The van der Waals surface area contributed by atoms with Gasteiger partial charge in [0.15, 0.2) is 0 Å². The number of allylic oxidation sites excluding steroid dienone is 8. The third kappa shape index (κ3) is 6.38. The van der Waals surface area contributed by atoms with Crippen LogP contribution >= 0.6 is 0 Å². The summed E-state index contributed by atoms with van der Waals surface area (Å²) in [6, 6.07) is 57.6. The van der Waals surface area contributed by atoms with Crippen LogP contribution in [0.1, 0.15) is 35.6 Å². The second-order valence-corrected chi connectivity index (χ2v) is 15.7. The van der Waals surface area contributed by atoms with Crippen molar-refractivity contribution in [1.29, 1.82) is 0 Å². The van der Waals surface area contributed by atoms with Crippen LogP contribution in [0.5, 0.6) is 0 Å². The van der Waals surface area contributed by atoms with Crippen LogP contribution in [-0.4, -0.2) is 0 Å². The van der Waals surface area contributed by atoms with Crippen molar-refractivity contribution in [3.8, 4) is 11.1 Å². The van der Waals surface area contributed by atoms with E-state index in [0.717, 1.165) is 47.6 Å². The average molecular weight is 771 g/mol. The van der Waals surface area contributed by atoms with Gasteiger partial charge in [-0.25, -0.2) is 0 Å². The maximum Gasteiger partial charge on any atom is 0.0546 e. The van der Waals surface area contributed by atoms with Crippen LogP contribution in [0.15, 0.2) is 225 Å². The Morgan fingerprint density at radius 3 is 1.90 bits per heavy atom. The number of nitrogens with zero attached hydrogens (tertiary/aromatic N) is 2. The molecule has 8 aromatic rings. The normalized spacial score (nSPS) is 14.1. The van der Waals surface area contributed by atoms with E-state index in [1.165, 1.54) is 77.0 Å². The molecule has 0 fully saturated rings. The Morgan fingerprint density at radius 2 is 1.18 bits per heavy atom. The summed E-state index contributed by atoms with van der Waals surface area (Å²) in [4.78, 5) is 4.81. The highest BCUT2D eigenvalue weighted by Crippen LogP contribution is 2.49. The zero-order valence-corrected chi connectivity index (χ0v) is 34.0. The molecule has 60 heavy (non-hydrogen) atoms. The van der Waals surface area contributed by atoms with Gasteiger partial charge in [-0.3, -0.25) is 0 Å². The summed E-state index contributed by atoms with van der Waals surface area (Å²) in [6.45, 7) is 10.8. The fourth-order valence-corrected chi connectivity index (χ4v) is 9.40. The molecule has 0 amide bonds. The van der Waals surface area contributed by atoms with Gasteiger partial charge in [0, 0.05) is 34.8 Å². The fourth-order valence-electron chi connectivity index (χ4n) is 9.40. The zero-order chi connectivity index (χ0) is 40.6. The molecule has 0 saturated heterocycles. The minimum atomic E-state index is 0.884. The first-order chi connectivity index (χ1) is 29.6. The Bertz CT molecular complexity index is 3120. The minimum absolute atomic E-state index is 0.884. The quantitative estimate of drug-likeness (QED) is 0.101. The van der Waals surface area contributed by atoms with Crippen LogP contribution in [0, 0.1) is 0 Å². The van der Waals surface area contributed by atoms with Crippen LogP contribution in [0.2, 0.25) is 0 Å². The Morgan fingerprint density at radius 1 is 0.583 bits per heavy atom. The lowest BCUT2D eigenvalue weighted by molar-refractivity contribution is 1.15. The highest BCUT2D eigenvalue weighted by molar-refractivity contribution is 6.24. The van der Waals surface area contributed by atoms with Crippen LogP contribution in [-0.2, 0) is 12.8 Å². The molecule has 0 spiro atoms. The second kappa shape index (κ2) is 15.7. The molecule has 0 heterocycles. The zero-order valence-electron chi connectivity index (χ0n) is 34.0. The van der Waals surface area contributed by atoms with E-state index >= 15 is 0 Å². The maximum absolute atomic E-state index is 4.44. The van der Waals surface area contributed by atoms with E-state index in [0.29, 0.717) is 0 Å². The molecule has 0 aliphatic heterocycles. The van der Waals surface area contributed by atoms with E-state index in [-0.39, 0.29) is 0 Å². The fraction of sp³-hybridized carbons (Fsp3) is 0.0690. The lowest BCUT2D eigenvalue weighted by Crippen LogP contribution is -2.17. The van der Waals surface area contributed by atoms with E-state index in [1.807, 2.05) is 6.08 Å². The molecule has 2 aliphatic carbocycles. The molecule has 2 heteroatoms. The summed E-state index contributed by atoms with van der Waals surface area (Å²) in [5, 5.41) is 7.18. The first kappa shape index (κ1) is 36.9. The average Bonchev–Trinajstić information content (AvgIpc) is 3.84. The topological polar surface area (TPSA) is 6.48 Å². The summed E-state index contributed by atoms with van der Waals surface area (Å²) in [5.74, 6) is 0. The molecule has 0 N–H and O–H groups in total. The molecule has 2 aliphatic rings. The first-order valence-corrected chi connectivity index (χ1v) is 21.0. The van der Waals surface area contributed by atoms with Crippen molar-refractivity contribution in [2.24, 2.45) is 0 Å². The Kier molecular flexibility index (Phi) is 9.67. The standard InChI is InChI=1S/C58H46N2/c1-4-6-23-44(20-5-2)60(56-34-18-32-48-47-27-13-11-22-42(47)37-55(48)56)58-39-54-49-28-14-16-30-51(49)57(38-53(54)50-29-15-17-31-52(50)58)59(43-24-8-7-9-25-43)35-19-33-45-40(3)36-41-21-10-12-26-46(41)45/h5-35,38-39H,2-4,36-37H2,1H3/b23-6-,35-19-,44-20+,45-33+. The van der Waals surface area contributed by atoms with Crippen molar-refractivity contribution in [1.82, 2.24) is 0 Å². The predicted molar refractivity (Wildman–Crippen MR) is 258 cm³/mol. The molecular formula is C58H46N2. The summed E-state index contributed by atoms with van der Waals surface area (Å²) >= 11 is 0. The monoisotopic (exact) mass is 770 g/mol. The van der Waals surface area contributed by atoms with E-state index in [2.05, 4.69) is 224 Å². The number of fused-ring (bicyclic) bond motifs is 9. The van der Waals surface area contributed by atoms with Crippen LogP contribution in [0.3, 0.4) is 0 Å². The number of para-hydroxylation sites is 1. The summed E-state index contributed by atoms with van der Waals surface area (Å²) in [7, 11) is 0. The van der Waals surface area contributed by atoms with Crippen molar-refractivity contribution in [2.75, 3.05) is 9.80 Å². The maximum atomic E-state index is 4.44. The Labute approximate surface area is 353 Å². The molecule has 8 aromatic carbocycles. The van der Waals surface area contributed by atoms with Gasteiger partial charge >= 0.3 is 0 Å². The molecule has 10 rings (SSSR count). The van der Waals surface area contributed by atoms with E-state index in [1.54, 1.807) is 0 Å². The van der Waals surface area contributed by atoms with Gasteiger partial charge < -0.3 is 9.80 Å². The van der Waals surface area contributed by atoms with Crippen molar-refractivity contribution in [2.45, 2.75) is 26.2 Å². The number of hydrogen-bond acceptors (Lipinski definition) is 2. The van der Waals surface area contributed by atoms with Crippen LogP contribution in [0.25, 0.3) is 49.0 Å². The van der Waals surface area contributed by atoms with Gasteiger partial charge in [0.2, 0.25) is 0 Å². The molecule has 0 bridgehead atoms. The van der Waals surface area contributed by atoms with Gasteiger partial charge in [-0.2, -0.15) is 0 Å². The summed E-state index contributed by atoms with van der Waals surface area (Å²) in [6.07, 6.45) is 17.9. The van der Waals surface area contributed by atoms with Crippen molar-refractivity contribution < 1.29 is 0 Å². The summed E-state index contributed by atoms with van der Waals surface area (Å²) < 4.78 is 0. The third-order valence-corrected chi connectivity index (χ3v) is 12.1. The van der Waals surface area contributed by atoms with Crippen molar-refractivity contribution in [3.63, 3.8) is 0 Å². The van der Waals surface area contributed by atoms with E-state index < -0.39 is 0 Å². The number of benzene rings is 8. The van der Waals surface area contributed by atoms with Crippen LogP contribution in [0.4, 0.5) is 22.7 Å². The molecular weight excluding hydrogens is 725 g/mol. The molecule has 288 valence electrons. The number of anilines is 4. The molecule has 0 saturated carbocycles. The van der Waals surface area contributed by atoms with E-state index in [9.17, 15) is 0 Å². The van der Waals surface area contributed by atoms with Crippen molar-refractivity contribution in [3.05, 3.63) is 247 Å². The SMILES string of the molecule is C=C/C=C(\C=C/CC)N(c1cccc2c1Cc1ccccc1-2)c1cc2c3ccccc3c(N(/C=C\C=C3/C(=C)Cc4ccccc43)c3ccccc3)cc2c2ccccc12.